The summed E-state index contributed by atoms with van der Waals surface area (Å²) in [5, 5.41) is 14.8. The van der Waals surface area contributed by atoms with Crippen molar-refractivity contribution in [2.75, 3.05) is 13.7 Å². The van der Waals surface area contributed by atoms with Crippen molar-refractivity contribution in [1.29, 1.82) is 0 Å². The van der Waals surface area contributed by atoms with Crippen LogP contribution in [0.4, 0.5) is 0 Å². The summed E-state index contributed by atoms with van der Waals surface area (Å²) < 4.78 is 12.3. The normalized spacial score (nSPS) is 12.2. The van der Waals surface area contributed by atoms with Crippen molar-refractivity contribution in [2.24, 2.45) is 7.05 Å². The first-order valence-electron chi connectivity index (χ1n) is 6.56. The Morgan fingerprint density at radius 2 is 1.95 bits per heavy atom. The third-order valence-corrected chi connectivity index (χ3v) is 3.19. The van der Waals surface area contributed by atoms with Crippen LogP contribution < -0.4 is 9.47 Å². The summed E-state index contributed by atoms with van der Waals surface area (Å²) in [7, 11) is 3.37. The lowest BCUT2D eigenvalue weighted by molar-refractivity contribution is 0.212. The van der Waals surface area contributed by atoms with Crippen molar-refractivity contribution in [3.63, 3.8) is 0 Å². The molecule has 1 aromatic heterocycles. The van der Waals surface area contributed by atoms with Crippen LogP contribution in [0, 0.1) is 6.92 Å². The first kappa shape index (κ1) is 14.4. The summed E-state index contributed by atoms with van der Waals surface area (Å²) >= 11 is 0. The molecule has 2 rings (SSSR count). The molecule has 1 N–H and O–H groups in total. The van der Waals surface area contributed by atoms with Gasteiger partial charge in [0.1, 0.15) is 11.9 Å². The molecular formula is C15H20N2O3. The van der Waals surface area contributed by atoms with Gasteiger partial charge in [0.15, 0.2) is 0 Å². The Bertz CT molecular complexity index is 576. The van der Waals surface area contributed by atoms with E-state index in [2.05, 4.69) is 5.10 Å². The molecule has 0 radical (unpaired) electrons. The zero-order chi connectivity index (χ0) is 14.7. The highest BCUT2D eigenvalue weighted by Crippen LogP contribution is 2.32. The predicted molar refractivity (Wildman–Crippen MR) is 76.2 cm³/mol. The Labute approximate surface area is 118 Å². The second-order valence-electron chi connectivity index (χ2n) is 4.54. The number of hydrogen-bond donors (Lipinski definition) is 1. The van der Waals surface area contributed by atoms with E-state index in [0.29, 0.717) is 18.1 Å². The maximum atomic E-state index is 10.5. The molecule has 0 fully saturated rings. The van der Waals surface area contributed by atoms with E-state index in [-0.39, 0.29) is 0 Å². The van der Waals surface area contributed by atoms with Crippen LogP contribution in [0.5, 0.6) is 11.6 Å². The minimum Gasteiger partial charge on any atom is -0.494 e. The van der Waals surface area contributed by atoms with E-state index in [9.17, 15) is 5.11 Å². The van der Waals surface area contributed by atoms with Crippen LogP contribution in [0.15, 0.2) is 24.3 Å². The zero-order valence-corrected chi connectivity index (χ0v) is 12.3. The molecule has 0 spiro atoms. The molecule has 1 heterocycles. The first-order valence-corrected chi connectivity index (χ1v) is 6.56. The third-order valence-electron chi connectivity index (χ3n) is 3.19. The molecule has 0 saturated carbocycles. The van der Waals surface area contributed by atoms with Gasteiger partial charge < -0.3 is 14.6 Å². The minimum atomic E-state index is -0.769. The second-order valence-corrected chi connectivity index (χ2v) is 4.54. The highest BCUT2D eigenvalue weighted by Gasteiger charge is 2.22. The van der Waals surface area contributed by atoms with E-state index < -0.39 is 6.10 Å². The largest absolute Gasteiger partial charge is 0.494 e. The molecule has 0 bridgehead atoms. The molecule has 0 amide bonds. The van der Waals surface area contributed by atoms with E-state index in [4.69, 9.17) is 9.47 Å². The minimum absolute atomic E-state index is 0.573. The van der Waals surface area contributed by atoms with E-state index >= 15 is 0 Å². The molecule has 0 aliphatic heterocycles. The summed E-state index contributed by atoms with van der Waals surface area (Å²) in [6.45, 7) is 4.42. The van der Waals surface area contributed by atoms with Crippen LogP contribution in [0.3, 0.4) is 0 Å². The monoisotopic (exact) mass is 276 g/mol. The summed E-state index contributed by atoms with van der Waals surface area (Å²) in [6, 6.07) is 7.39. The molecule has 0 aliphatic carbocycles. The average molecular weight is 276 g/mol. The van der Waals surface area contributed by atoms with Crippen LogP contribution in [-0.2, 0) is 7.05 Å². The average Bonchev–Trinajstić information content (AvgIpc) is 2.73. The number of rotatable bonds is 5. The lowest BCUT2D eigenvalue weighted by Gasteiger charge is -2.13. The summed E-state index contributed by atoms with van der Waals surface area (Å²) in [5.74, 6) is 1.36. The SMILES string of the molecule is CCOc1ccc(C(O)c2c(C)nn(C)c2OC)cc1. The smallest absolute Gasteiger partial charge is 0.217 e. The third kappa shape index (κ3) is 2.63. The zero-order valence-electron chi connectivity index (χ0n) is 12.3. The van der Waals surface area contributed by atoms with Crippen LogP contribution >= 0.6 is 0 Å². The van der Waals surface area contributed by atoms with Crippen LogP contribution in [0.1, 0.15) is 29.8 Å². The maximum Gasteiger partial charge on any atom is 0.217 e. The Kier molecular flexibility index (Phi) is 4.29. The van der Waals surface area contributed by atoms with Crippen LogP contribution in [0.25, 0.3) is 0 Å². The first-order chi connectivity index (χ1) is 9.58. The van der Waals surface area contributed by atoms with E-state index in [1.54, 1.807) is 18.8 Å². The van der Waals surface area contributed by atoms with Crippen molar-refractivity contribution in [3.8, 4) is 11.6 Å². The number of aliphatic hydroxyl groups is 1. The molecule has 1 aromatic carbocycles. The number of benzene rings is 1. The Morgan fingerprint density at radius 1 is 1.30 bits per heavy atom. The summed E-state index contributed by atoms with van der Waals surface area (Å²) in [5.41, 5.74) is 2.23. The highest BCUT2D eigenvalue weighted by molar-refractivity contribution is 5.40. The van der Waals surface area contributed by atoms with Gasteiger partial charge in [-0.25, -0.2) is 4.68 Å². The second kappa shape index (κ2) is 5.96. The molecule has 20 heavy (non-hydrogen) atoms. The van der Waals surface area contributed by atoms with E-state index in [1.165, 1.54) is 0 Å². The lowest BCUT2D eigenvalue weighted by atomic mass is 10.0. The molecule has 1 atom stereocenters. The summed E-state index contributed by atoms with van der Waals surface area (Å²) in [4.78, 5) is 0. The Hall–Kier alpha value is -2.01. The van der Waals surface area contributed by atoms with Gasteiger partial charge >= 0.3 is 0 Å². The van der Waals surface area contributed by atoms with Gasteiger partial charge in [0, 0.05) is 7.05 Å². The molecule has 1 unspecified atom stereocenters. The van der Waals surface area contributed by atoms with E-state index in [1.807, 2.05) is 38.1 Å². The molecule has 0 aliphatic rings. The van der Waals surface area contributed by atoms with Crippen molar-refractivity contribution in [2.45, 2.75) is 20.0 Å². The van der Waals surface area contributed by atoms with Gasteiger partial charge in [0.05, 0.1) is 25.0 Å². The quantitative estimate of drug-likeness (QED) is 0.909. The summed E-state index contributed by atoms with van der Waals surface area (Å²) in [6.07, 6.45) is -0.769. The van der Waals surface area contributed by atoms with Gasteiger partial charge in [0.2, 0.25) is 5.88 Å². The van der Waals surface area contributed by atoms with Crippen molar-refractivity contribution < 1.29 is 14.6 Å². The van der Waals surface area contributed by atoms with Crippen molar-refractivity contribution in [1.82, 2.24) is 9.78 Å². The fourth-order valence-corrected chi connectivity index (χ4v) is 2.29. The highest BCUT2D eigenvalue weighted by atomic mass is 16.5. The van der Waals surface area contributed by atoms with Gasteiger partial charge in [-0.15, -0.1) is 0 Å². The van der Waals surface area contributed by atoms with Crippen molar-refractivity contribution >= 4 is 0 Å². The molecule has 0 saturated heterocycles. The molecular weight excluding hydrogens is 256 g/mol. The topological polar surface area (TPSA) is 56.5 Å². The fraction of sp³-hybridized carbons (Fsp3) is 0.400. The lowest BCUT2D eigenvalue weighted by Crippen LogP contribution is -2.04. The molecule has 108 valence electrons. The Morgan fingerprint density at radius 3 is 2.50 bits per heavy atom. The van der Waals surface area contributed by atoms with Crippen LogP contribution in [0.2, 0.25) is 0 Å². The number of ether oxygens (including phenoxy) is 2. The van der Waals surface area contributed by atoms with Gasteiger partial charge in [-0.3, -0.25) is 0 Å². The molecule has 5 heteroatoms. The van der Waals surface area contributed by atoms with Gasteiger partial charge in [-0.1, -0.05) is 12.1 Å². The Balaban J connectivity index is 2.33. The number of aryl methyl sites for hydroxylation is 2. The number of methoxy groups -OCH3 is 1. The van der Waals surface area contributed by atoms with Gasteiger partial charge in [-0.05, 0) is 31.5 Å². The molecule has 5 nitrogen and oxygen atoms in total. The fourth-order valence-electron chi connectivity index (χ4n) is 2.29. The van der Waals surface area contributed by atoms with Crippen LogP contribution in [-0.4, -0.2) is 28.6 Å². The standard InChI is InChI=1S/C15H20N2O3/c1-5-20-12-8-6-11(7-9-12)14(18)13-10(2)16-17(3)15(13)19-4/h6-9,14,18H,5H2,1-4H3. The van der Waals surface area contributed by atoms with Gasteiger partial charge in [0.25, 0.3) is 0 Å². The number of hydrogen-bond acceptors (Lipinski definition) is 4. The number of aliphatic hydroxyl groups excluding tert-OH is 1. The number of aromatic nitrogens is 2. The maximum absolute atomic E-state index is 10.5. The van der Waals surface area contributed by atoms with Gasteiger partial charge in [-0.2, -0.15) is 5.10 Å². The molecule has 2 aromatic rings. The number of nitrogens with zero attached hydrogens (tertiary/aromatic N) is 2. The predicted octanol–water partition coefficient (Wildman–Crippen LogP) is 2.22. The van der Waals surface area contributed by atoms with E-state index in [0.717, 1.165) is 17.0 Å². The van der Waals surface area contributed by atoms with Crippen molar-refractivity contribution in [3.05, 3.63) is 41.1 Å².